The van der Waals surface area contributed by atoms with Gasteiger partial charge in [-0.15, -0.1) is 0 Å². The minimum Gasteiger partial charge on any atom is -0.350 e. The predicted molar refractivity (Wildman–Crippen MR) is 88.0 cm³/mol. The van der Waals surface area contributed by atoms with Crippen molar-refractivity contribution in [2.75, 3.05) is 5.32 Å². The van der Waals surface area contributed by atoms with Crippen LogP contribution in [0.5, 0.6) is 0 Å². The van der Waals surface area contributed by atoms with Gasteiger partial charge in [-0.1, -0.05) is 30.7 Å². The lowest BCUT2D eigenvalue weighted by molar-refractivity contribution is 0.0934. The molecule has 0 saturated heterocycles. The van der Waals surface area contributed by atoms with Crippen LogP contribution in [0.25, 0.3) is 0 Å². The lowest BCUT2D eigenvalue weighted by Gasteiger charge is -2.11. The smallest absolute Gasteiger partial charge is 0.270 e. The first-order valence-electron chi connectivity index (χ1n) is 7.20. The van der Waals surface area contributed by atoms with Crippen LogP contribution in [-0.2, 0) is 6.54 Å². The molecule has 1 amide bonds. The molecule has 0 bridgehead atoms. The third-order valence-corrected chi connectivity index (χ3v) is 3.49. The number of carbonyl (C=O) groups is 1. The Morgan fingerprint density at radius 3 is 2.68 bits per heavy atom. The highest BCUT2D eigenvalue weighted by atomic mass is 35.5. The number of benzene rings is 1. The summed E-state index contributed by atoms with van der Waals surface area (Å²) >= 11 is 5.85. The van der Waals surface area contributed by atoms with Crippen molar-refractivity contribution in [1.29, 1.82) is 0 Å². The fraction of sp³-hybridized carbons (Fsp3) is 0.312. The number of anilines is 1. The number of halogens is 1. The van der Waals surface area contributed by atoms with Gasteiger partial charge in [0.25, 0.3) is 5.91 Å². The Morgan fingerprint density at radius 1 is 1.27 bits per heavy atom. The maximum atomic E-state index is 12.0. The Labute approximate surface area is 135 Å². The molecule has 0 fully saturated rings. The van der Waals surface area contributed by atoms with Gasteiger partial charge in [0.1, 0.15) is 5.69 Å². The Morgan fingerprint density at radius 2 is 2.00 bits per heavy atom. The van der Waals surface area contributed by atoms with Gasteiger partial charge in [0, 0.05) is 23.8 Å². The van der Waals surface area contributed by atoms with Crippen molar-refractivity contribution in [1.82, 2.24) is 15.3 Å². The van der Waals surface area contributed by atoms with Crippen LogP contribution >= 0.6 is 11.6 Å². The second kappa shape index (κ2) is 7.75. The maximum Gasteiger partial charge on any atom is 0.270 e. The van der Waals surface area contributed by atoms with E-state index in [0.29, 0.717) is 23.2 Å². The molecular formula is C16H19ClN4O. The summed E-state index contributed by atoms with van der Waals surface area (Å²) in [7, 11) is 0. The van der Waals surface area contributed by atoms with Gasteiger partial charge in [0.05, 0.1) is 0 Å². The molecule has 1 unspecified atom stereocenters. The van der Waals surface area contributed by atoms with E-state index in [1.807, 2.05) is 38.1 Å². The van der Waals surface area contributed by atoms with Crippen molar-refractivity contribution in [2.24, 2.45) is 0 Å². The SMILES string of the molecule is CCC(C)NC(=O)c1ccnc(NCc2ccc(Cl)cc2)n1. The second-order valence-electron chi connectivity index (χ2n) is 5.03. The average Bonchev–Trinajstić information content (AvgIpc) is 2.54. The molecule has 0 radical (unpaired) electrons. The van der Waals surface area contributed by atoms with Crippen LogP contribution in [0.3, 0.4) is 0 Å². The molecule has 5 nitrogen and oxygen atoms in total. The molecule has 2 rings (SSSR count). The minimum atomic E-state index is -0.189. The summed E-state index contributed by atoms with van der Waals surface area (Å²) in [4.78, 5) is 20.4. The van der Waals surface area contributed by atoms with Crippen molar-refractivity contribution < 1.29 is 4.79 Å². The van der Waals surface area contributed by atoms with E-state index in [4.69, 9.17) is 11.6 Å². The molecule has 116 valence electrons. The van der Waals surface area contributed by atoms with Crippen LogP contribution in [0.15, 0.2) is 36.5 Å². The third-order valence-electron chi connectivity index (χ3n) is 3.24. The van der Waals surface area contributed by atoms with Crippen molar-refractivity contribution in [2.45, 2.75) is 32.9 Å². The Balaban J connectivity index is 1.99. The van der Waals surface area contributed by atoms with Gasteiger partial charge >= 0.3 is 0 Å². The van der Waals surface area contributed by atoms with Gasteiger partial charge in [-0.3, -0.25) is 4.79 Å². The Hall–Kier alpha value is -2.14. The Kier molecular flexibility index (Phi) is 5.72. The predicted octanol–water partition coefficient (Wildman–Crippen LogP) is 3.27. The van der Waals surface area contributed by atoms with Gasteiger partial charge in [-0.2, -0.15) is 0 Å². The fourth-order valence-corrected chi connectivity index (χ4v) is 1.88. The topological polar surface area (TPSA) is 66.9 Å². The number of nitrogens with one attached hydrogen (secondary N) is 2. The van der Waals surface area contributed by atoms with E-state index in [-0.39, 0.29) is 11.9 Å². The molecule has 1 atom stereocenters. The lowest BCUT2D eigenvalue weighted by atomic mass is 10.2. The molecule has 1 aromatic heterocycles. The molecule has 0 saturated carbocycles. The highest BCUT2D eigenvalue weighted by Gasteiger charge is 2.10. The van der Waals surface area contributed by atoms with Crippen LogP contribution < -0.4 is 10.6 Å². The van der Waals surface area contributed by atoms with Crippen molar-refractivity contribution in [3.63, 3.8) is 0 Å². The van der Waals surface area contributed by atoms with E-state index in [2.05, 4.69) is 20.6 Å². The number of hydrogen-bond donors (Lipinski definition) is 2. The first-order valence-corrected chi connectivity index (χ1v) is 7.58. The number of nitrogens with zero attached hydrogens (tertiary/aromatic N) is 2. The molecular weight excluding hydrogens is 300 g/mol. The fourth-order valence-electron chi connectivity index (χ4n) is 1.75. The summed E-state index contributed by atoms with van der Waals surface area (Å²) in [5.41, 5.74) is 1.41. The highest BCUT2D eigenvalue weighted by Crippen LogP contribution is 2.10. The molecule has 22 heavy (non-hydrogen) atoms. The summed E-state index contributed by atoms with van der Waals surface area (Å²) in [6.07, 6.45) is 2.45. The quantitative estimate of drug-likeness (QED) is 0.858. The lowest BCUT2D eigenvalue weighted by Crippen LogP contribution is -2.32. The summed E-state index contributed by atoms with van der Waals surface area (Å²) < 4.78 is 0. The molecule has 6 heteroatoms. The maximum absolute atomic E-state index is 12.0. The van der Waals surface area contributed by atoms with Gasteiger partial charge < -0.3 is 10.6 Å². The summed E-state index contributed by atoms with van der Waals surface area (Å²) in [6.45, 7) is 4.54. The average molecular weight is 319 g/mol. The molecule has 0 spiro atoms. The molecule has 1 heterocycles. The largest absolute Gasteiger partial charge is 0.350 e. The van der Waals surface area contributed by atoms with E-state index < -0.39 is 0 Å². The Bertz CT molecular complexity index is 630. The van der Waals surface area contributed by atoms with Crippen LogP contribution in [0.4, 0.5) is 5.95 Å². The van der Waals surface area contributed by atoms with E-state index in [1.165, 1.54) is 0 Å². The molecule has 2 aromatic rings. The van der Waals surface area contributed by atoms with Crippen molar-refractivity contribution >= 4 is 23.5 Å². The monoisotopic (exact) mass is 318 g/mol. The van der Waals surface area contributed by atoms with Crippen LogP contribution in [0, 0.1) is 0 Å². The van der Waals surface area contributed by atoms with Gasteiger partial charge in [-0.05, 0) is 37.1 Å². The molecule has 0 aliphatic carbocycles. The van der Waals surface area contributed by atoms with Crippen LogP contribution in [-0.4, -0.2) is 21.9 Å². The van der Waals surface area contributed by atoms with Crippen molar-refractivity contribution in [3.05, 3.63) is 52.8 Å². The van der Waals surface area contributed by atoms with Gasteiger partial charge in [0.15, 0.2) is 0 Å². The number of carbonyl (C=O) groups excluding carboxylic acids is 1. The number of aromatic nitrogens is 2. The normalized spacial score (nSPS) is 11.8. The molecule has 2 N–H and O–H groups in total. The number of amides is 1. The first-order chi connectivity index (χ1) is 10.6. The number of rotatable bonds is 6. The van der Waals surface area contributed by atoms with E-state index >= 15 is 0 Å². The van der Waals surface area contributed by atoms with Crippen LogP contribution in [0.2, 0.25) is 5.02 Å². The zero-order valence-corrected chi connectivity index (χ0v) is 13.4. The molecule has 1 aromatic carbocycles. The first kappa shape index (κ1) is 16.2. The van der Waals surface area contributed by atoms with Crippen LogP contribution in [0.1, 0.15) is 36.3 Å². The third kappa shape index (κ3) is 4.70. The van der Waals surface area contributed by atoms with E-state index in [0.717, 1.165) is 12.0 Å². The summed E-state index contributed by atoms with van der Waals surface area (Å²) in [5.74, 6) is 0.234. The zero-order valence-electron chi connectivity index (χ0n) is 12.6. The second-order valence-corrected chi connectivity index (χ2v) is 5.46. The summed E-state index contributed by atoms with van der Waals surface area (Å²) in [6, 6.07) is 9.23. The number of hydrogen-bond acceptors (Lipinski definition) is 4. The highest BCUT2D eigenvalue weighted by molar-refractivity contribution is 6.30. The molecule has 0 aliphatic heterocycles. The standard InChI is InChI=1S/C16H19ClN4O/c1-3-11(2)20-15(22)14-8-9-18-16(21-14)19-10-12-4-6-13(17)7-5-12/h4-9,11H,3,10H2,1-2H3,(H,20,22)(H,18,19,21). The van der Waals surface area contributed by atoms with Gasteiger partial charge in [0.2, 0.25) is 5.95 Å². The summed E-state index contributed by atoms with van der Waals surface area (Å²) in [5, 5.41) is 6.68. The van der Waals surface area contributed by atoms with E-state index in [9.17, 15) is 4.79 Å². The van der Waals surface area contributed by atoms with E-state index in [1.54, 1.807) is 12.3 Å². The minimum absolute atomic E-state index is 0.118. The van der Waals surface area contributed by atoms with Crippen molar-refractivity contribution in [3.8, 4) is 0 Å². The molecule has 0 aliphatic rings. The zero-order chi connectivity index (χ0) is 15.9. The van der Waals surface area contributed by atoms with Gasteiger partial charge in [-0.25, -0.2) is 9.97 Å².